The van der Waals surface area contributed by atoms with Crippen LogP contribution in [0.15, 0.2) is 40.8 Å². The smallest absolute Gasteiger partial charge is 0.286 e. The molecule has 3 rings (SSSR count). The molecule has 128 valence electrons. The maximum atomic E-state index is 12.9. The predicted molar refractivity (Wildman–Crippen MR) is 88.9 cm³/mol. The third-order valence-corrected chi connectivity index (χ3v) is 4.06. The number of nitrogens with zero attached hydrogens (tertiary/aromatic N) is 2. The Balaban J connectivity index is 1.59. The zero-order valence-electron chi connectivity index (χ0n) is 13.1. The lowest BCUT2D eigenvalue weighted by Crippen LogP contribution is -2.22. The van der Waals surface area contributed by atoms with Crippen LogP contribution in [0.4, 0.5) is 10.1 Å². The number of carbonyl (C=O) groups excluding carboxylic acids is 2. The second kappa shape index (κ2) is 7.22. The second-order valence-corrected chi connectivity index (χ2v) is 6.05. The largest absolute Gasteiger partial charge is 0.465 e. The van der Waals surface area contributed by atoms with Crippen LogP contribution < -0.4 is 10.6 Å². The molecule has 0 spiro atoms. The van der Waals surface area contributed by atoms with Gasteiger partial charge < -0.3 is 15.1 Å². The van der Waals surface area contributed by atoms with Crippen molar-refractivity contribution >= 4 is 28.8 Å². The molecule has 0 atom stereocenters. The van der Waals surface area contributed by atoms with Crippen molar-refractivity contribution in [1.82, 2.24) is 15.5 Å². The lowest BCUT2D eigenvalue weighted by Gasteiger charge is -2.01. The number of anilines is 1. The first-order chi connectivity index (χ1) is 12.0. The molecule has 0 aliphatic rings. The number of aryl methyl sites for hydroxylation is 1. The molecule has 1 aromatic carbocycles. The third kappa shape index (κ3) is 4.27. The summed E-state index contributed by atoms with van der Waals surface area (Å²) in [5.41, 5.74) is 0.417. The van der Waals surface area contributed by atoms with E-state index in [1.54, 1.807) is 12.1 Å². The summed E-state index contributed by atoms with van der Waals surface area (Å²) in [6, 6.07) is 8.86. The van der Waals surface area contributed by atoms with Crippen molar-refractivity contribution in [2.45, 2.75) is 13.5 Å². The molecule has 0 saturated carbocycles. The highest BCUT2D eigenvalue weighted by molar-refractivity contribution is 7.15. The van der Waals surface area contributed by atoms with E-state index in [-0.39, 0.29) is 16.6 Å². The Morgan fingerprint density at radius 3 is 2.40 bits per heavy atom. The first kappa shape index (κ1) is 16.8. The highest BCUT2D eigenvalue weighted by atomic mass is 32.1. The number of halogens is 1. The van der Waals surface area contributed by atoms with Gasteiger partial charge in [-0.15, -0.1) is 10.2 Å². The van der Waals surface area contributed by atoms with Crippen LogP contribution in [0.3, 0.4) is 0 Å². The van der Waals surface area contributed by atoms with Gasteiger partial charge in [-0.3, -0.25) is 9.59 Å². The van der Waals surface area contributed by atoms with Gasteiger partial charge in [0.25, 0.3) is 11.8 Å². The van der Waals surface area contributed by atoms with Gasteiger partial charge in [-0.05, 0) is 43.3 Å². The molecule has 2 N–H and O–H groups in total. The fourth-order valence-electron chi connectivity index (χ4n) is 1.95. The van der Waals surface area contributed by atoms with Crippen LogP contribution in [0.1, 0.15) is 31.1 Å². The maximum absolute atomic E-state index is 12.9. The number of rotatable bonds is 5. The van der Waals surface area contributed by atoms with Crippen molar-refractivity contribution < 1.29 is 18.4 Å². The fraction of sp³-hybridized carbons (Fsp3) is 0.125. The summed E-state index contributed by atoms with van der Waals surface area (Å²) in [6.45, 7) is 2.02. The summed E-state index contributed by atoms with van der Waals surface area (Å²) in [5.74, 6) is -0.0126. The average Bonchev–Trinajstić information content (AvgIpc) is 3.24. The fourth-order valence-corrected chi connectivity index (χ4v) is 2.60. The molecule has 0 aliphatic carbocycles. The molecule has 0 aliphatic heterocycles. The normalized spacial score (nSPS) is 10.5. The van der Waals surface area contributed by atoms with Gasteiger partial charge in [0.1, 0.15) is 17.3 Å². The van der Waals surface area contributed by atoms with E-state index < -0.39 is 17.6 Å². The third-order valence-electron chi connectivity index (χ3n) is 3.13. The minimum absolute atomic E-state index is 0.0309. The molecular weight excluding hydrogens is 347 g/mol. The second-order valence-electron chi connectivity index (χ2n) is 5.07. The summed E-state index contributed by atoms with van der Waals surface area (Å²) in [6.07, 6.45) is 0. The van der Waals surface area contributed by atoms with Gasteiger partial charge in [0.2, 0.25) is 10.0 Å². The van der Waals surface area contributed by atoms with E-state index in [4.69, 9.17) is 4.42 Å². The number of nitrogens with one attached hydrogen (secondary N) is 2. The number of hydrogen-bond donors (Lipinski definition) is 2. The van der Waals surface area contributed by atoms with Gasteiger partial charge >= 0.3 is 0 Å². The molecule has 3 aromatic rings. The van der Waals surface area contributed by atoms with Gasteiger partial charge in [-0.1, -0.05) is 11.3 Å². The first-order valence-corrected chi connectivity index (χ1v) is 8.07. The van der Waals surface area contributed by atoms with Crippen LogP contribution in [0, 0.1) is 12.7 Å². The summed E-state index contributed by atoms with van der Waals surface area (Å²) >= 11 is 0.861. The summed E-state index contributed by atoms with van der Waals surface area (Å²) in [4.78, 5) is 24.1. The Labute approximate surface area is 145 Å². The molecular formula is C16H13FN4O3S. The molecule has 25 heavy (non-hydrogen) atoms. The van der Waals surface area contributed by atoms with Crippen molar-refractivity contribution in [3.05, 3.63) is 63.8 Å². The summed E-state index contributed by atoms with van der Waals surface area (Å²) in [7, 11) is 0. The van der Waals surface area contributed by atoms with E-state index in [9.17, 15) is 14.0 Å². The molecule has 7 nitrogen and oxygen atoms in total. The molecule has 0 unspecified atom stereocenters. The minimum atomic E-state index is -0.523. The number of amides is 2. The minimum Gasteiger partial charge on any atom is -0.465 e. The van der Waals surface area contributed by atoms with Crippen LogP contribution in [0.2, 0.25) is 0 Å². The SMILES string of the molecule is Cc1ccc(CNC(=O)c2nnc(C(=O)Nc3ccc(F)cc3)s2)o1. The first-order valence-electron chi connectivity index (χ1n) is 7.25. The van der Waals surface area contributed by atoms with Crippen molar-refractivity contribution in [1.29, 1.82) is 0 Å². The van der Waals surface area contributed by atoms with E-state index >= 15 is 0 Å². The van der Waals surface area contributed by atoms with Gasteiger partial charge in [0, 0.05) is 5.69 Å². The van der Waals surface area contributed by atoms with Crippen LogP contribution in [-0.2, 0) is 6.54 Å². The predicted octanol–water partition coefficient (Wildman–Crippen LogP) is 2.76. The van der Waals surface area contributed by atoms with E-state index in [0.29, 0.717) is 11.4 Å². The molecule has 9 heteroatoms. The van der Waals surface area contributed by atoms with Crippen LogP contribution in [0.25, 0.3) is 0 Å². The standard InChI is InChI=1S/C16H13FN4O3S/c1-9-2-7-12(24-9)8-18-13(22)15-20-21-16(25-15)14(23)19-11-5-3-10(17)4-6-11/h2-7H,8H2,1H3,(H,18,22)(H,19,23). The Morgan fingerprint density at radius 2 is 1.76 bits per heavy atom. The quantitative estimate of drug-likeness (QED) is 0.729. The van der Waals surface area contributed by atoms with Crippen LogP contribution >= 0.6 is 11.3 Å². The topological polar surface area (TPSA) is 97.1 Å². The number of furan rings is 1. The summed E-state index contributed by atoms with van der Waals surface area (Å²) in [5, 5.41) is 12.7. The highest BCUT2D eigenvalue weighted by Crippen LogP contribution is 2.14. The molecule has 0 radical (unpaired) electrons. The molecule has 0 saturated heterocycles. The van der Waals surface area contributed by atoms with Crippen molar-refractivity contribution in [2.75, 3.05) is 5.32 Å². The van der Waals surface area contributed by atoms with E-state index in [1.165, 1.54) is 24.3 Å². The zero-order valence-corrected chi connectivity index (χ0v) is 13.9. The molecule has 2 aromatic heterocycles. The number of carbonyl (C=O) groups is 2. The van der Waals surface area contributed by atoms with E-state index in [1.807, 2.05) is 6.92 Å². The van der Waals surface area contributed by atoms with E-state index in [2.05, 4.69) is 20.8 Å². The highest BCUT2D eigenvalue weighted by Gasteiger charge is 2.17. The van der Waals surface area contributed by atoms with Gasteiger partial charge in [0.05, 0.1) is 6.54 Å². The molecule has 2 heterocycles. The van der Waals surface area contributed by atoms with Crippen LogP contribution in [-0.4, -0.2) is 22.0 Å². The Kier molecular flexibility index (Phi) is 4.85. The Bertz CT molecular complexity index is 904. The van der Waals surface area contributed by atoms with Gasteiger partial charge in [-0.25, -0.2) is 4.39 Å². The number of benzene rings is 1. The monoisotopic (exact) mass is 360 g/mol. The van der Waals surface area contributed by atoms with Crippen molar-refractivity contribution in [3.8, 4) is 0 Å². The lowest BCUT2D eigenvalue weighted by molar-refractivity contribution is 0.0945. The molecule has 0 bridgehead atoms. The Morgan fingerprint density at radius 1 is 1.08 bits per heavy atom. The van der Waals surface area contributed by atoms with Gasteiger partial charge in [-0.2, -0.15) is 0 Å². The van der Waals surface area contributed by atoms with Crippen molar-refractivity contribution in [3.63, 3.8) is 0 Å². The van der Waals surface area contributed by atoms with Gasteiger partial charge in [0.15, 0.2) is 0 Å². The summed E-state index contributed by atoms with van der Waals surface area (Å²) < 4.78 is 18.2. The Hall–Kier alpha value is -3.07. The lowest BCUT2D eigenvalue weighted by atomic mass is 10.3. The number of hydrogen-bond acceptors (Lipinski definition) is 6. The van der Waals surface area contributed by atoms with Crippen molar-refractivity contribution in [2.24, 2.45) is 0 Å². The zero-order chi connectivity index (χ0) is 17.8. The average molecular weight is 360 g/mol. The maximum Gasteiger partial charge on any atom is 0.286 e. The van der Waals surface area contributed by atoms with Crippen LogP contribution in [0.5, 0.6) is 0 Å². The molecule has 2 amide bonds. The molecule has 0 fully saturated rings. The van der Waals surface area contributed by atoms with E-state index in [0.717, 1.165) is 17.1 Å². The number of aromatic nitrogens is 2.